The summed E-state index contributed by atoms with van der Waals surface area (Å²) in [6, 6.07) is 8.52. The van der Waals surface area contributed by atoms with Crippen molar-refractivity contribution in [2.24, 2.45) is 0 Å². The fourth-order valence-electron chi connectivity index (χ4n) is 1.02. The van der Waals surface area contributed by atoms with Crippen LogP contribution in [-0.2, 0) is 14.9 Å². The molecule has 1 aromatic carbocycles. The Morgan fingerprint density at radius 3 is 2.38 bits per heavy atom. The van der Waals surface area contributed by atoms with Gasteiger partial charge in [0.25, 0.3) is 0 Å². The summed E-state index contributed by atoms with van der Waals surface area (Å²) >= 11 is 5.99. The molecule has 0 atom stereocenters. The summed E-state index contributed by atoms with van der Waals surface area (Å²) < 4.78 is 10.4. The molecular formula is C9H12ClO2Si. The number of hydrogen-bond acceptors (Lipinski definition) is 2. The molecule has 0 aliphatic rings. The molecule has 0 bridgehead atoms. The molecule has 2 nitrogen and oxygen atoms in total. The van der Waals surface area contributed by atoms with Crippen molar-refractivity contribution < 1.29 is 8.85 Å². The summed E-state index contributed by atoms with van der Waals surface area (Å²) in [5.41, 5.74) is 1.08. The van der Waals surface area contributed by atoms with Crippen molar-refractivity contribution in [3.05, 3.63) is 34.9 Å². The van der Waals surface area contributed by atoms with Crippen molar-refractivity contribution in [3.63, 3.8) is 0 Å². The lowest BCUT2D eigenvalue weighted by Gasteiger charge is -2.09. The van der Waals surface area contributed by atoms with E-state index < -0.39 is 9.28 Å². The van der Waals surface area contributed by atoms with Gasteiger partial charge in [0, 0.05) is 25.3 Å². The van der Waals surface area contributed by atoms with Gasteiger partial charge in [0.15, 0.2) is 0 Å². The average Bonchev–Trinajstić information content (AvgIpc) is 2.17. The minimum atomic E-state index is -1.18. The first-order valence-electron chi connectivity index (χ1n) is 3.95. The van der Waals surface area contributed by atoms with Gasteiger partial charge in [0.2, 0.25) is 0 Å². The van der Waals surface area contributed by atoms with Gasteiger partial charge in [-0.2, -0.15) is 0 Å². The van der Waals surface area contributed by atoms with Crippen LogP contribution in [0.5, 0.6) is 0 Å². The Morgan fingerprint density at radius 2 is 1.85 bits per heavy atom. The van der Waals surface area contributed by atoms with E-state index in [9.17, 15) is 0 Å². The van der Waals surface area contributed by atoms with Crippen molar-refractivity contribution >= 4 is 20.9 Å². The van der Waals surface area contributed by atoms with E-state index in [1.54, 1.807) is 14.2 Å². The quantitative estimate of drug-likeness (QED) is 0.717. The van der Waals surface area contributed by atoms with E-state index in [0.29, 0.717) is 0 Å². The van der Waals surface area contributed by atoms with Gasteiger partial charge < -0.3 is 8.85 Å². The van der Waals surface area contributed by atoms with Crippen LogP contribution >= 0.6 is 11.6 Å². The molecule has 0 spiro atoms. The summed E-state index contributed by atoms with van der Waals surface area (Å²) in [6.45, 7) is 0. The lowest BCUT2D eigenvalue weighted by molar-refractivity contribution is 0.277. The predicted molar refractivity (Wildman–Crippen MR) is 54.9 cm³/mol. The van der Waals surface area contributed by atoms with Crippen molar-refractivity contribution in [2.45, 2.75) is 6.04 Å². The summed E-state index contributed by atoms with van der Waals surface area (Å²) in [7, 11) is 2.14. The molecule has 0 fully saturated rings. The van der Waals surface area contributed by atoms with Crippen LogP contribution in [0.4, 0.5) is 0 Å². The lowest BCUT2D eigenvalue weighted by Crippen LogP contribution is -2.22. The number of rotatable bonds is 4. The smallest absolute Gasteiger partial charge is 0.388 e. The second-order valence-corrected chi connectivity index (χ2v) is 4.87. The number of benzene rings is 1. The highest BCUT2D eigenvalue weighted by Crippen LogP contribution is 2.16. The first-order chi connectivity index (χ1) is 6.27. The third-order valence-corrected chi connectivity index (χ3v) is 3.70. The molecule has 0 saturated carbocycles. The van der Waals surface area contributed by atoms with Crippen LogP contribution < -0.4 is 0 Å². The molecule has 0 aliphatic heterocycles. The van der Waals surface area contributed by atoms with Crippen molar-refractivity contribution in [2.75, 3.05) is 14.2 Å². The van der Waals surface area contributed by atoms with Crippen LogP contribution in [0.1, 0.15) is 5.56 Å². The maximum atomic E-state index is 5.99. The maximum absolute atomic E-state index is 5.99. The Morgan fingerprint density at radius 1 is 1.23 bits per heavy atom. The first-order valence-corrected chi connectivity index (χ1v) is 5.85. The minimum Gasteiger partial charge on any atom is -0.397 e. The Labute approximate surface area is 85.3 Å². The van der Waals surface area contributed by atoms with E-state index in [4.69, 9.17) is 20.5 Å². The van der Waals surface area contributed by atoms with Gasteiger partial charge in [-0.3, -0.25) is 0 Å². The van der Waals surface area contributed by atoms with Gasteiger partial charge in [-0.15, -0.1) is 0 Å². The Balaban J connectivity index is 2.67. The van der Waals surface area contributed by atoms with Gasteiger partial charge in [0.05, 0.1) is 0 Å². The Bertz CT molecular complexity index is 264. The Kier molecular flexibility index (Phi) is 4.45. The van der Waals surface area contributed by atoms with E-state index >= 15 is 0 Å². The standard InChI is InChI=1S/C9H12ClO2Si/c1-11-13(12-2)7-8-5-3-4-6-9(8)10/h3-6H,7H2,1-2H3. The monoisotopic (exact) mass is 215 g/mol. The third kappa shape index (κ3) is 3.12. The molecular weight excluding hydrogens is 204 g/mol. The van der Waals surface area contributed by atoms with Gasteiger partial charge in [-0.25, -0.2) is 0 Å². The predicted octanol–water partition coefficient (Wildman–Crippen LogP) is 2.20. The summed E-state index contributed by atoms with van der Waals surface area (Å²) in [5.74, 6) is 0. The molecule has 1 rings (SSSR count). The van der Waals surface area contributed by atoms with Crippen LogP contribution in [0.15, 0.2) is 24.3 Å². The highest BCUT2D eigenvalue weighted by atomic mass is 35.5. The zero-order valence-corrected chi connectivity index (χ0v) is 9.47. The molecule has 0 N–H and O–H groups in total. The van der Waals surface area contributed by atoms with Gasteiger partial charge in [-0.05, 0) is 11.6 Å². The number of hydrogen-bond donors (Lipinski definition) is 0. The van der Waals surface area contributed by atoms with Crippen LogP contribution in [0.25, 0.3) is 0 Å². The van der Waals surface area contributed by atoms with Crippen LogP contribution in [-0.4, -0.2) is 23.5 Å². The largest absolute Gasteiger partial charge is 0.397 e. The van der Waals surface area contributed by atoms with Crippen molar-refractivity contribution in [1.82, 2.24) is 0 Å². The molecule has 0 saturated heterocycles. The SMILES string of the molecule is CO[Si](Cc1ccccc1Cl)OC. The molecule has 0 aliphatic carbocycles. The molecule has 1 aromatic rings. The Hall–Kier alpha value is -0.353. The van der Waals surface area contributed by atoms with Crippen LogP contribution in [0, 0.1) is 0 Å². The summed E-state index contributed by atoms with van der Waals surface area (Å²) in [6.07, 6.45) is 0. The zero-order valence-electron chi connectivity index (χ0n) is 7.71. The number of halogens is 1. The van der Waals surface area contributed by atoms with E-state index in [1.807, 2.05) is 24.3 Å². The summed E-state index contributed by atoms with van der Waals surface area (Å²) in [4.78, 5) is 0. The topological polar surface area (TPSA) is 18.5 Å². The lowest BCUT2D eigenvalue weighted by atomic mass is 10.2. The van der Waals surface area contributed by atoms with E-state index in [2.05, 4.69) is 0 Å². The zero-order chi connectivity index (χ0) is 9.68. The molecule has 71 valence electrons. The van der Waals surface area contributed by atoms with Gasteiger partial charge in [-0.1, -0.05) is 29.8 Å². The van der Waals surface area contributed by atoms with E-state index in [0.717, 1.165) is 16.6 Å². The first kappa shape index (κ1) is 10.7. The third-order valence-electron chi connectivity index (χ3n) is 1.75. The molecule has 0 amide bonds. The molecule has 0 aromatic heterocycles. The van der Waals surface area contributed by atoms with Crippen molar-refractivity contribution in [1.29, 1.82) is 0 Å². The average molecular weight is 216 g/mol. The van der Waals surface area contributed by atoms with Crippen LogP contribution in [0.2, 0.25) is 5.02 Å². The second-order valence-electron chi connectivity index (χ2n) is 2.55. The van der Waals surface area contributed by atoms with E-state index in [1.165, 1.54) is 0 Å². The molecule has 0 heterocycles. The normalized spacial score (nSPS) is 10.8. The van der Waals surface area contributed by atoms with Crippen molar-refractivity contribution in [3.8, 4) is 0 Å². The van der Waals surface area contributed by atoms with E-state index in [-0.39, 0.29) is 0 Å². The van der Waals surface area contributed by atoms with Crippen LogP contribution in [0.3, 0.4) is 0 Å². The van der Waals surface area contributed by atoms with Gasteiger partial charge >= 0.3 is 9.28 Å². The van der Waals surface area contributed by atoms with Gasteiger partial charge in [0.1, 0.15) is 0 Å². The minimum absolute atomic E-state index is 0.775. The second kappa shape index (κ2) is 5.39. The molecule has 1 radical (unpaired) electrons. The molecule has 0 unspecified atom stereocenters. The fourth-order valence-corrected chi connectivity index (χ4v) is 2.41. The fraction of sp³-hybridized carbons (Fsp3) is 0.333. The highest BCUT2D eigenvalue weighted by molar-refractivity contribution is 6.44. The molecule has 4 heteroatoms. The molecule has 13 heavy (non-hydrogen) atoms. The maximum Gasteiger partial charge on any atom is 0.388 e. The summed E-state index contributed by atoms with van der Waals surface area (Å²) in [5, 5.41) is 0.777. The highest BCUT2D eigenvalue weighted by Gasteiger charge is 2.14.